The van der Waals surface area contributed by atoms with Crippen LogP contribution in [0.1, 0.15) is 31.8 Å². The molecule has 4 aromatic carbocycles. The van der Waals surface area contributed by atoms with Crippen molar-refractivity contribution in [1.82, 2.24) is 0 Å². The molecule has 10 heteroatoms. The van der Waals surface area contributed by atoms with Gasteiger partial charge in [0.1, 0.15) is 5.75 Å². The summed E-state index contributed by atoms with van der Waals surface area (Å²) in [5, 5.41) is 11.2. The van der Waals surface area contributed by atoms with Crippen molar-refractivity contribution in [2.75, 3.05) is 4.31 Å². The molecule has 0 unspecified atom stereocenters. The highest BCUT2D eigenvalue weighted by Gasteiger charge is 2.33. The molecule has 38 heavy (non-hydrogen) atoms. The lowest BCUT2D eigenvalue weighted by molar-refractivity contribution is -0.385. The Hall–Kier alpha value is -4.83. The van der Waals surface area contributed by atoms with E-state index in [1.165, 1.54) is 48.5 Å². The Morgan fingerprint density at radius 3 is 1.89 bits per heavy atom. The number of carbonyl (C=O) groups excluding carboxylic acids is 2. The van der Waals surface area contributed by atoms with Crippen molar-refractivity contribution < 1.29 is 27.7 Å². The number of rotatable bonds is 7. The molecule has 0 saturated carbocycles. The molecule has 4 aromatic rings. The summed E-state index contributed by atoms with van der Waals surface area (Å²) < 4.78 is 33.3. The Kier molecular flexibility index (Phi) is 7.35. The average Bonchev–Trinajstić information content (AvgIpc) is 2.90. The summed E-state index contributed by atoms with van der Waals surface area (Å²) in [6.07, 6.45) is 0. The maximum atomic E-state index is 13.7. The summed E-state index contributed by atoms with van der Waals surface area (Å²) in [5.74, 6) is -1.33. The minimum Gasteiger partial charge on any atom is -0.423 e. The van der Waals surface area contributed by atoms with Gasteiger partial charge in [-0.1, -0.05) is 41.5 Å². The van der Waals surface area contributed by atoms with E-state index in [1.54, 1.807) is 36.4 Å². The third-order valence-electron chi connectivity index (χ3n) is 5.62. The van der Waals surface area contributed by atoms with E-state index in [-0.39, 0.29) is 17.0 Å². The van der Waals surface area contributed by atoms with Crippen molar-refractivity contribution in [3.8, 4) is 5.75 Å². The zero-order valence-corrected chi connectivity index (χ0v) is 21.2. The summed E-state index contributed by atoms with van der Waals surface area (Å²) in [6.45, 7) is 3.71. The molecule has 0 fully saturated rings. The fraction of sp³-hybridized carbons (Fsp3) is 0.0714. The zero-order chi connectivity index (χ0) is 27.4. The number of nitrogens with zero attached hydrogens (tertiary/aromatic N) is 2. The summed E-state index contributed by atoms with van der Waals surface area (Å²) in [5.41, 5.74) is 1.80. The van der Waals surface area contributed by atoms with Crippen LogP contribution in [0.25, 0.3) is 0 Å². The van der Waals surface area contributed by atoms with Crippen molar-refractivity contribution in [3.63, 3.8) is 0 Å². The van der Waals surface area contributed by atoms with Gasteiger partial charge in [-0.15, -0.1) is 0 Å². The molecule has 0 atom stereocenters. The largest absolute Gasteiger partial charge is 0.423 e. The minimum absolute atomic E-state index is 0.0442. The number of hydrogen-bond acceptors (Lipinski definition) is 7. The number of hydrogen-bond donors (Lipinski definition) is 0. The fourth-order valence-electron chi connectivity index (χ4n) is 3.55. The van der Waals surface area contributed by atoms with Crippen LogP contribution in [0.4, 0.5) is 11.4 Å². The topological polar surface area (TPSA) is 124 Å². The quantitative estimate of drug-likeness (QED) is 0.134. The molecule has 0 spiro atoms. The molecule has 0 radical (unpaired) electrons. The molecule has 0 aliphatic rings. The summed E-state index contributed by atoms with van der Waals surface area (Å²) in [4.78, 5) is 36.0. The standard InChI is InChI=1S/C28H22N2O7S/c1-19-6-10-21(11-7-19)27(31)29(38(35,36)26-5-3-4-24(18-26)30(33)34)23-14-16-25(17-15-23)37-28(32)22-12-8-20(2)9-13-22/h3-18H,1-2H3. The van der Waals surface area contributed by atoms with E-state index in [2.05, 4.69) is 0 Å². The highest BCUT2D eigenvalue weighted by molar-refractivity contribution is 7.93. The SMILES string of the molecule is Cc1ccc(C(=O)Oc2ccc(N(C(=O)c3ccc(C)cc3)S(=O)(=O)c3cccc([N+](=O)[O-])c3)cc2)cc1. The van der Waals surface area contributed by atoms with Gasteiger partial charge in [0.2, 0.25) is 0 Å². The van der Waals surface area contributed by atoms with Gasteiger partial charge in [0.25, 0.3) is 21.6 Å². The predicted molar refractivity (Wildman–Crippen MR) is 141 cm³/mol. The smallest absolute Gasteiger partial charge is 0.343 e. The normalized spacial score (nSPS) is 11.0. The number of amides is 1. The Morgan fingerprint density at radius 2 is 1.34 bits per heavy atom. The van der Waals surface area contributed by atoms with Crippen molar-refractivity contribution in [1.29, 1.82) is 0 Å². The first-order valence-electron chi connectivity index (χ1n) is 11.4. The number of benzene rings is 4. The van der Waals surface area contributed by atoms with Gasteiger partial charge in [-0.2, -0.15) is 4.31 Å². The number of nitro benzene ring substituents is 1. The Balaban J connectivity index is 1.72. The van der Waals surface area contributed by atoms with E-state index in [4.69, 9.17) is 4.74 Å². The second kappa shape index (κ2) is 10.7. The van der Waals surface area contributed by atoms with Crippen LogP contribution >= 0.6 is 0 Å². The zero-order valence-electron chi connectivity index (χ0n) is 20.4. The summed E-state index contributed by atoms with van der Waals surface area (Å²) >= 11 is 0. The maximum Gasteiger partial charge on any atom is 0.343 e. The molecule has 0 heterocycles. The van der Waals surface area contributed by atoms with E-state index in [0.29, 0.717) is 9.87 Å². The molecular formula is C28H22N2O7S. The van der Waals surface area contributed by atoms with Crippen LogP contribution in [-0.2, 0) is 10.0 Å². The van der Waals surface area contributed by atoms with Crippen molar-refractivity contribution >= 4 is 33.3 Å². The molecule has 192 valence electrons. The van der Waals surface area contributed by atoms with Crippen LogP contribution in [-0.4, -0.2) is 25.2 Å². The molecular weight excluding hydrogens is 508 g/mol. The number of nitro groups is 1. The summed E-state index contributed by atoms with van der Waals surface area (Å²) in [7, 11) is -4.58. The lowest BCUT2D eigenvalue weighted by Crippen LogP contribution is -2.37. The third-order valence-corrected chi connectivity index (χ3v) is 7.33. The van der Waals surface area contributed by atoms with Crippen LogP contribution in [0.3, 0.4) is 0 Å². The number of carbonyl (C=O) groups is 2. The van der Waals surface area contributed by atoms with E-state index < -0.39 is 37.4 Å². The molecule has 1 amide bonds. The van der Waals surface area contributed by atoms with Gasteiger partial charge in [-0.3, -0.25) is 14.9 Å². The first-order chi connectivity index (χ1) is 18.1. The predicted octanol–water partition coefficient (Wildman–Crippen LogP) is 5.47. The number of non-ortho nitro benzene ring substituents is 1. The third kappa shape index (κ3) is 5.60. The highest BCUT2D eigenvalue weighted by Crippen LogP contribution is 2.29. The van der Waals surface area contributed by atoms with E-state index in [0.717, 1.165) is 23.3 Å². The molecule has 0 saturated heterocycles. The first-order valence-corrected chi connectivity index (χ1v) is 12.8. The Labute approximate surface area is 219 Å². The van der Waals surface area contributed by atoms with Gasteiger partial charge in [0.05, 0.1) is 21.1 Å². The molecule has 0 aliphatic heterocycles. The number of ether oxygens (including phenoxy) is 1. The summed E-state index contributed by atoms with van der Waals surface area (Å²) in [6, 6.07) is 22.9. The highest BCUT2D eigenvalue weighted by atomic mass is 32.2. The second-order valence-corrected chi connectivity index (χ2v) is 10.2. The molecule has 0 aromatic heterocycles. The van der Waals surface area contributed by atoms with E-state index in [9.17, 15) is 28.1 Å². The van der Waals surface area contributed by atoms with Gasteiger partial charge in [-0.25, -0.2) is 13.2 Å². The van der Waals surface area contributed by atoms with Crippen LogP contribution < -0.4 is 9.04 Å². The molecule has 9 nitrogen and oxygen atoms in total. The monoisotopic (exact) mass is 530 g/mol. The fourth-order valence-corrected chi connectivity index (χ4v) is 5.00. The Morgan fingerprint density at radius 1 is 0.789 bits per heavy atom. The van der Waals surface area contributed by atoms with Crippen LogP contribution in [0, 0.1) is 24.0 Å². The van der Waals surface area contributed by atoms with E-state index in [1.807, 2.05) is 13.8 Å². The lowest BCUT2D eigenvalue weighted by Gasteiger charge is -2.23. The van der Waals surface area contributed by atoms with Gasteiger partial charge in [-0.05, 0) is 68.4 Å². The van der Waals surface area contributed by atoms with Gasteiger partial charge >= 0.3 is 5.97 Å². The van der Waals surface area contributed by atoms with E-state index >= 15 is 0 Å². The number of anilines is 1. The van der Waals surface area contributed by atoms with Gasteiger partial charge in [0.15, 0.2) is 0 Å². The van der Waals surface area contributed by atoms with Crippen molar-refractivity contribution in [3.05, 3.63) is 129 Å². The first kappa shape index (κ1) is 26.2. The molecule has 4 rings (SSSR count). The maximum absolute atomic E-state index is 13.7. The van der Waals surface area contributed by atoms with Crippen LogP contribution in [0.5, 0.6) is 5.75 Å². The number of aryl methyl sites for hydroxylation is 2. The lowest BCUT2D eigenvalue weighted by atomic mass is 10.1. The average molecular weight is 531 g/mol. The van der Waals surface area contributed by atoms with Crippen molar-refractivity contribution in [2.45, 2.75) is 18.7 Å². The van der Waals surface area contributed by atoms with Crippen LogP contribution in [0.2, 0.25) is 0 Å². The van der Waals surface area contributed by atoms with Gasteiger partial charge < -0.3 is 4.74 Å². The number of sulfonamides is 1. The molecule has 0 bridgehead atoms. The minimum atomic E-state index is -4.58. The number of esters is 1. The Bertz CT molecular complexity index is 1610. The van der Waals surface area contributed by atoms with Crippen LogP contribution in [0.15, 0.2) is 102 Å². The van der Waals surface area contributed by atoms with Gasteiger partial charge in [0, 0.05) is 17.7 Å². The van der Waals surface area contributed by atoms with Crippen molar-refractivity contribution in [2.24, 2.45) is 0 Å². The molecule has 0 aliphatic carbocycles. The molecule has 0 N–H and O–H groups in total. The second-order valence-electron chi connectivity index (χ2n) is 8.44.